The van der Waals surface area contributed by atoms with Crippen molar-refractivity contribution >= 4 is 6.03 Å². The molecule has 1 saturated heterocycles. The Morgan fingerprint density at radius 2 is 2.22 bits per heavy atom. The number of carbonyl (C=O) groups excluding carboxylic acids is 1. The largest absolute Gasteiger partial charge is 0.497 e. The number of rotatable bonds is 7. The Bertz CT molecular complexity index is 517. The van der Waals surface area contributed by atoms with E-state index in [0.29, 0.717) is 23.6 Å². The van der Waals surface area contributed by atoms with E-state index in [0.717, 1.165) is 19.4 Å². The number of carbonyl (C=O) groups is 1. The van der Waals surface area contributed by atoms with Crippen molar-refractivity contribution in [3.8, 4) is 11.5 Å². The molecule has 128 valence electrons. The number of hydrogen-bond acceptors (Lipinski definition) is 5. The molecule has 0 radical (unpaired) electrons. The normalized spacial score (nSPS) is 18.3. The van der Waals surface area contributed by atoms with Gasteiger partial charge >= 0.3 is 6.03 Å². The summed E-state index contributed by atoms with van der Waals surface area (Å²) in [4.78, 5) is 11.8. The lowest BCUT2D eigenvalue weighted by atomic mass is 10.1. The predicted octanol–water partition coefficient (Wildman–Crippen LogP) is 1.22. The van der Waals surface area contributed by atoms with Gasteiger partial charge in [0.05, 0.1) is 20.3 Å². The van der Waals surface area contributed by atoms with E-state index in [1.54, 1.807) is 25.3 Å². The lowest BCUT2D eigenvalue weighted by Gasteiger charge is -2.17. The summed E-state index contributed by atoms with van der Waals surface area (Å²) >= 11 is 0. The van der Waals surface area contributed by atoms with Crippen LogP contribution in [0.25, 0.3) is 0 Å². The van der Waals surface area contributed by atoms with Crippen molar-refractivity contribution in [2.75, 3.05) is 33.9 Å². The first-order valence-electron chi connectivity index (χ1n) is 7.67. The molecular weight excluding hydrogens is 300 g/mol. The van der Waals surface area contributed by atoms with Crippen LogP contribution in [-0.4, -0.2) is 51.2 Å². The summed E-state index contributed by atoms with van der Waals surface area (Å²) in [6.45, 7) is 1.30. The van der Waals surface area contributed by atoms with E-state index < -0.39 is 6.10 Å². The molecule has 0 aliphatic carbocycles. The van der Waals surface area contributed by atoms with Crippen molar-refractivity contribution in [3.63, 3.8) is 0 Å². The van der Waals surface area contributed by atoms with E-state index in [4.69, 9.17) is 14.2 Å². The summed E-state index contributed by atoms with van der Waals surface area (Å²) in [5.41, 5.74) is 0.561. The molecule has 7 nitrogen and oxygen atoms in total. The molecule has 0 aromatic heterocycles. The number of aliphatic hydroxyl groups is 1. The molecule has 1 heterocycles. The van der Waals surface area contributed by atoms with Crippen LogP contribution in [-0.2, 0) is 4.74 Å². The van der Waals surface area contributed by atoms with Gasteiger partial charge in [0, 0.05) is 25.3 Å². The molecule has 0 unspecified atom stereocenters. The van der Waals surface area contributed by atoms with Crippen LogP contribution in [0, 0.1) is 0 Å². The minimum atomic E-state index is -0.895. The fourth-order valence-electron chi connectivity index (χ4n) is 2.47. The molecule has 2 rings (SSSR count). The second kappa shape index (κ2) is 8.59. The Labute approximate surface area is 135 Å². The molecule has 3 N–H and O–H groups in total. The van der Waals surface area contributed by atoms with Gasteiger partial charge in [0.1, 0.15) is 17.6 Å². The molecule has 7 heteroatoms. The maximum atomic E-state index is 11.8. The Morgan fingerprint density at radius 1 is 1.39 bits per heavy atom. The van der Waals surface area contributed by atoms with E-state index in [1.807, 2.05) is 0 Å². The zero-order valence-corrected chi connectivity index (χ0v) is 13.5. The maximum Gasteiger partial charge on any atom is 0.314 e. The number of benzene rings is 1. The highest BCUT2D eigenvalue weighted by atomic mass is 16.5. The van der Waals surface area contributed by atoms with E-state index >= 15 is 0 Å². The molecule has 2 atom stereocenters. The van der Waals surface area contributed by atoms with E-state index in [9.17, 15) is 9.90 Å². The van der Waals surface area contributed by atoms with Crippen LogP contribution in [0.15, 0.2) is 18.2 Å². The fraction of sp³-hybridized carbons (Fsp3) is 0.562. The van der Waals surface area contributed by atoms with Crippen LogP contribution >= 0.6 is 0 Å². The number of hydrogen-bond donors (Lipinski definition) is 3. The third kappa shape index (κ3) is 5.01. The van der Waals surface area contributed by atoms with Gasteiger partial charge in [-0.25, -0.2) is 4.79 Å². The first-order valence-corrected chi connectivity index (χ1v) is 7.67. The van der Waals surface area contributed by atoms with E-state index in [1.165, 1.54) is 7.11 Å². The highest BCUT2D eigenvalue weighted by molar-refractivity contribution is 5.73. The Kier molecular flexibility index (Phi) is 6.49. The molecular formula is C16H24N2O5. The maximum absolute atomic E-state index is 11.8. The van der Waals surface area contributed by atoms with Gasteiger partial charge in [-0.2, -0.15) is 0 Å². The first-order chi connectivity index (χ1) is 11.1. The lowest BCUT2D eigenvalue weighted by molar-refractivity contribution is 0.111. The first kappa shape index (κ1) is 17.4. The third-order valence-corrected chi connectivity index (χ3v) is 3.77. The predicted molar refractivity (Wildman–Crippen MR) is 84.9 cm³/mol. The standard InChI is InChI=1S/C16H24N2O5/c1-21-11-5-6-15(22-2)13(8-11)14(19)10-18-16(20)17-9-12-4-3-7-23-12/h5-6,8,12,14,19H,3-4,7,9-10H2,1-2H3,(H2,17,18,20)/t12-,14-/m1/s1. The second-order valence-corrected chi connectivity index (χ2v) is 5.35. The summed E-state index contributed by atoms with van der Waals surface area (Å²) in [7, 11) is 3.08. The van der Waals surface area contributed by atoms with Crippen LogP contribution in [0.2, 0.25) is 0 Å². The van der Waals surface area contributed by atoms with Gasteiger partial charge in [0.2, 0.25) is 0 Å². The molecule has 1 aromatic carbocycles. The van der Waals surface area contributed by atoms with Gasteiger partial charge in [0.25, 0.3) is 0 Å². The molecule has 1 fully saturated rings. The van der Waals surface area contributed by atoms with Crippen LogP contribution < -0.4 is 20.1 Å². The van der Waals surface area contributed by atoms with Gasteiger partial charge in [-0.05, 0) is 31.0 Å². The molecule has 2 amide bonds. The van der Waals surface area contributed by atoms with Crippen LogP contribution in [0.4, 0.5) is 4.79 Å². The van der Waals surface area contributed by atoms with Crippen molar-refractivity contribution in [1.82, 2.24) is 10.6 Å². The van der Waals surface area contributed by atoms with Crippen molar-refractivity contribution in [3.05, 3.63) is 23.8 Å². The molecule has 1 aliphatic heterocycles. The van der Waals surface area contributed by atoms with Gasteiger partial charge in [-0.15, -0.1) is 0 Å². The third-order valence-electron chi connectivity index (χ3n) is 3.77. The van der Waals surface area contributed by atoms with Gasteiger partial charge in [-0.3, -0.25) is 0 Å². The molecule has 0 saturated carbocycles. The van der Waals surface area contributed by atoms with Crippen molar-refractivity contribution in [2.24, 2.45) is 0 Å². The van der Waals surface area contributed by atoms with Crippen molar-refractivity contribution in [2.45, 2.75) is 25.0 Å². The number of nitrogens with one attached hydrogen (secondary N) is 2. The summed E-state index contributed by atoms with van der Waals surface area (Å²) in [6.07, 6.45) is 1.18. The average molecular weight is 324 g/mol. The monoisotopic (exact) mass is 324 g/mol. The summed E-state index contributed by atoms with van der Waals surface area (Å²) in [5.74, 6) is 1.16. The SMILES string of the molecule is COc1ccc(OC)c([C@H](O)CNC(=O)NC[C@H]2CCCO2)c1. The zero-order chi connectivity index (χ0) is 16.7. The minimum Gasteiger partial charge on any atom is -0.497 e. The Balaban J connectivity index is 1.83. The van der Waals surface area contributed by atoms with E-state index in [2.05, 4.69) is 10.6 Å². The molecule has 1 aliphatic rings. The molecule has 0 bridgehead atoms. The molecule has 23 heavy (non-hydrogen) atoms. The highest BCUT2D eigenvalue weighted by Crippen LogP contribution is 2.29. The summed E-state index contributed by atoms with van der Waals surface area (Å²) in [5, 5.41) is 15.7. The number of amides is 2. The Hall–Kier alpha value is -1.99. The topological polar surface area (TPSA) is 89.0 Å². The highest BCUT2D eigenvalue weighted by Gasteiger charge is 2.18. The fourth-order valence-corrected chi connectivity index (χ4v) is 2.47. The average Bonchev–Trinajstić information content (AvgIpc) is 3.10. The Morgan fingerprint density at radius 3 is 2.87 bits per heavy atom. The van der Waals surface area contributed by atoms with E-state index in [-0.39, 0.29) is 18.7 Å². The minimum absolute atomic E-state index is 0.0703. The molecule has 1 aromatic rings. The van der Waals surface area contributed by atoms with Gasteiger partial charge in [0.15, 0.2) is 0 Å². The number of aliphatic hydroxyl groups excluding tert-OH is 1. The van der Waals surface area contributed by atoms with Crippen LogP contribution in [0.1, 0.15) is 24.5 Å². The van der Waals surface area contributed by atoms with Gasteiger partial charge in [-0.1, -0.05) is 0 Å². The molecule has 0 spiro atoms. The van der Waals surface area contributed by atoms with Crippen molar-refractivity contribution in [1.29, 1.82) is 0 Å². The summed E-state index contributed by atoms with van der Waals surface area (Å²) in [6, 6.07) is 4.82. The van der Waals surface area contributed by atoms with Crippen LogP contribution in [0.3, 0.4) is 0 Å². The second-order valence-electron chi connectivity index (χ2n) is 5.35. The van der Waals surface area contributed by atoms with Crippen LogP contribution in [0.5, 0.6) is 11.5 Å². The van der Waals surface area contributed by atoms with Gasteiger partial charge < -0.3 is 30.0 Å². The quantitative estimate of drug-likeness (QED) is 0.702. The smallest absolute Gasteiger partial charge is 0.314 e. The number of methoxy groups -OCH3 is 2. The van der Waals surface area contributed by atoms with Crippen molar-refractivity contribution < 1.29 is 24.1 Å². The number of ether oxygens (including phenoxy) is 3. The summed E-state index contributed by atoms with van der Waals surface area (Å²) < 4.78 is 15.8. The zero-order valence-electron chi connectivity index (χ0n) is 13.5. The number of urea groups is 1. The lowest BCUT2D eigenvalue weighted by Crippen LogP contribution is -2.41.